The van der Waals surface area contributed by atoms with Crippen LogP contribution in [0.5, 0.6) is 0 Å². The Kier molecular flexibility index (Phi) is 3.97. The maximum absolute atomic E-state index is 5.46. The Labute approximate surface area is 124 Å². The van der Waals surface area contributed by atoms with Crippen LogP contribution in [0.15, 0.2) is 0 Å². The van der Waals surface area contributed by atoms with E-state index in [-0.39, 0.29) is 0 Å². The fraction of sp³-hybridized carbons (Fsp3) is 0.857. The lowest BCUT2D eigenvalue weighted by atomic mass is 9.71. The van der Waals surface area contributed by atoms with Gasteiger partial charge in [0.05, 0.1) is 6.61 Å². The Bertz CT molecular complexity index is 456. The van der Waals surface area contributed by atoms with Crippen LogP contribution in [0.25, 0.3) is 0 Å². The number of hydrogen-bond acceptors (Lipinski definition) is 6. The number of hydrogen-bond donors (Lipinski definition) is 0. The van der Waals surface area contributed by atoms with Gasteiger partial charge in [-0.1, -0.05) is 11.3 Å². The van der Waals surface area contributed by atoms with Gasteiger partial charge in [-0.15, -0.1) is 10.2 Å². The fourth-order valence-electron chi connectivity index (χ4n) is 3.86. The minimum atomic E-state index is 0.445. The molecule has 2 aliphatic heterocycles. The maximum Gasteiger partial charge on any atom is 0.208 e. The molecule has 3 rings (SSSR count). The molecule has 1 spiro atoms. The number of aromatic nitrogens is 2. The van der Waals surface area contributed by atoms with Crippen LogP contribution in [0.1, 0.15) is 17.8 Å². The van der Waals surface area contributed by atoms with Crippen molar-refractivity contribution in [1.82, 2.24) is 15.1 Å². The van der Waals surface area contributed by atoms with Crippen molar-refractivity contribution < 1.29 is 4.74 Å². The van der Waals surface area contributed by atoms with E-state index in [2.05, 4.69) is 27.0 Å². The first-order valence-corrected chi connectivity index (χ1v) is 8.17. The van der Waals surface area contributed by atoms with E-state index in [0.717, 1.165) is 29.8 Å². The smallest absolute Gasteiger partial charge is 0.208 e. The van der Waals surface area contributed by atoms with E-state index in [1.54, 1.807) is 11.3 Å². The Morgan fingerprint density at radius 1 is 1.35 bits per heavy atom. The average Bonchev–Trinajstić information content (AvgIpc) is 2.97. The molecule has 2 aliphatic rings. The van der Waals surface area contributed by atoms with Crippen molar-refractivity contribution in [3.05, 3.63) is 5.01 Å². The van der Waals surface area contributed by atoms with Gasteiger partial charge in [0.15, 0.2) is 0 Å². The van der Waals surface area contributed by atoms with Gasteiger partial charge in [0.2, 0.25) is 5.13 Å². The quantitative estimate of drug-likeness (QED) is 0.848. The van der Waals surface area contributed by atoms with Crippen molar-refractivity contribution in [3.63, 3.8) is 0 Å². The topological polar surface area (TPSA) is 41.5 Å². The predicted octanol–water partition coefficient (Wildman–Crippen LogP) is 1.64. The molecule has 112 valence electrons. The lowest BCUT2D eigenvalue weighted by Gasteiger charge is -2.42. The summed E-state index contributed by atoms with van der Waals surface area (Å²) in [5.74, 6) is 0.677. The molecular weight excluding hydrogens is 272 g/mol. The summed E-state index contributed by atoms with van der Waals surface area (Å²) in [4.78, 5) is 4.87. The van der Waals surface area contributed by atoms with Gasteiger partial charge in [0.1, 0.15) is 5.01 Å². The monoisotopic (exact) mass is 296 g/mol. The number of piperidine rings is 1. The minimum Gasteiger partial charge on any atom is -0.384 e. The molecule has 1 aromatic heterocycles. The van der Waals surface area contributed by atoms with Crippen LogP contribution < -0.4 is 4.90 Å². The molecular formula is C14H24N4OS. The number of aryl methyl sites for hydroxylation is 1. The first-order chi connectivity index (χ1) is 9.63. The van der Waals surface area contributed by atoms with E-state index < -0.39 is 0 Å². The van der Waals surface area contributed by atoms with Crippen molar-refractivity contribution in [2.24, 2.45) is 11.3 Å². The Morgan fingerprint density at radius 3 is 2.70 bits per heavy atom. The third-order valence-corrected chi connectivity index (χ3v) is 5.80. The van der Waals surface area contributed by atoms with Gasteiger partial charge in [0.25, 0.3) is 0 Å². The van der Waals surface area contributed by atoms with Crippen LogP contribution in [0.2, 0.25) is 0 Å². The molecule has 0 aromatic carbocycles. The summed E-state index contributed by atoms with van der Waals surface area (Å²) in [6, 6.07) is 0. The molecule has 20 heavy (non-hydrogen) atoms. The molecule has 0 radical (unpaired) electrons. The third-order valence-electron chi connectivity index (χ3n) is 4.90. The number of likely N-dealkylation sites (tertiary alicyclic amines) is 1. The summed E-state index contributed by atoms with van der Waals surface area (Å²) in [6.45, 7) is 7.50. The zero-order valence-corrected chi connectivity index (χ0v) is 13.4. The summed E-state index contributed by atoms with van der Waals surface area (Å²) in [5.41, 5.74) is 0.445. The Morgan fingerprint density at radius 2 is 2.10 bits per heavy atom. The Balaban J connectivity index is 1.67. The normalized spacial score (nSPS) is 26.6. The van der Waals surface area contributed by atoms with Crippen molar-refractivity contribution in [1.29, 1.82) is 0 Å². The van der Waals surface area contributed by atoms with Crippen LogP contribution in [0.4, 0.5) is 5.13 Å². The van der Waals surface area contributed by atoms with Gasteiger partial charge >= 0.3 is 0 Å². The summed E-state index contributed by atoms with van der Waals surface area (Å²) < 4.78 is 5.46. The number of ether oxygens (including phenoxy) is 1. The van der Waals surface area contributed by atoms with E-state index in [1.807, 2.05) is 14.0 Å². The van der Waals surface area contributed by atoms with Crippen molar-refractivity contribution in [2.75, 3.05) is 51.8 Å². The lowest BCUT2D eigenvalue weighted by molar-refractivity contribution is 0.0763. The summed E-state index contributed by atoms with van der Waals surface area (Å²) in [7, 11) is 4.06. The number of rotatable bonds is 3. The number of nitrogens with zero attached hydrogens (tertiary/aromatic N) is 4. The molecule has 0 N–H and O–H groups in total. The molecule has 5 nitrogen and oxygen atoms in total. The second-order valence-corrected chi connectivity index (χ2v) is 7.46. The molecule has 0 unspecified atom stereocenters. The highest BCUT2D eigenvalue weighted by molar-refractivity contribution is 7.15. The third kappa shape index (κ3) is 2.56. The second kappa shape index (κ2) is 5.58. The van der Waals surface area contributed by atoms with Crippen molar-refractivity contribution in [3.8, 4) is 0 Å². The van der Waals surface area contributed by atoms with Crippen LogP contribution in [0, 0.1) is 18.3 Å². The van der Waals surface area contributed by atoms with Gasteiger partial charge in [-0.05, 0) is 32.2 Å². The molecule has 0 amide bonds. The highest BCUT2D eigenvalue weighted by atomic mass is 32.1. The number of methoxy groups -OCH3 is 1. The van der Waals surface area contributed by atoms with Gasteiger partial charge in [-0.2, -0.15) is 0 Å². The lowest BCUT2D eigenvalue weighted by Crippen LogP contribution is -2.45. The van der Waals surface area contributed by atoms with Crippen LogP contribution >= 0.6 is 11.3 Å². The zero-order chi connectivity index (χ0) is 14.2. The zero-order valence-electron chi connectivity index (χ0n) is 12.6. The van der Waals surface area contributed by atoms with E-state index in [9.17, 15) is 0 Å². The van der Waals surface area contributed by atoms with E-state index in [0.29, 0.717) is 11.3 Å². The first kappa shape index (κ1) is 14.2. The van der Waals surface area contributed by atoms with Gasteiger partial charge < -0.3 is 14.5 Å². The number of anilines is 1. The van der Waals surface area contributed by atoms with Crippen molar-refractivity contribution in [2.45, 2.75) is 19.8 Å². The molecule has 1 aromatic rings. The average molecular weight is 296 g/mol. The van der Waals surface area contributed by atoms with Gasteiger partial charge in [0, 0.05) is 39.2 Å². The summed E-state index contributed by atoms with van der Waals surface area (Å²) in [5, 5.41) is 10.6. The summed E-state index contributed by atoms with van der Waals surface area (Å²) in [6.07, 6.45) is 2.48. The van der Waals surface area contributed by atoms with E-state index >= 15 is 0 Å². The second-order valence-electron chi connectivity index (χ2n) is 6.30. The highest BCUT2D eigenvalue weighted by Crippen LogP contribution is 2.45. The summed E-state index contributed by atoms with van der Waals surface area (Å²) >= 11 is 1.71. The van der Waals surface area contributed by atoms with E-state index in [4.69, 9.17) is 4.74 Å². The van der Waals surface area contributed by atoms with Gasteiger partial charge in [-0.3, -0.25) is 0 Å². The highest BCUT2D eigenvalue weighted by Gasteiger charge is 2.47. The van der Waals surface area contributed by atoms with Crippen LogP contribution in [0.3, 0.4) is 0 Å². The van der Waals surface area contributed by atoms with Gasteiger partial charge in [-0.25, -0.2) is 0 Å². The van der Waals surface area contributed by atoms with E-state index in [1.165, 1.54) is 25.9 Å². The Hall–Kier alpha value is -0.720. The first-order valence-electron chi connectivity index (χ1n) is 7.35. The van der Waals surface area contributed by atoms with Crippen LogP contribution in [-0.4, -0.2) is 62.0 Å². The maximum atomic E-state index is 5.46. The standard InChI is InChI=1S/C14H24N4OS/c1-11-15-16-13(20-11)18-6-4-14(5-7-18)10-17(2)8-12(14)9-19-3/h12H,4-10H2,1-3H3/t12-/m0/s1. The van der Waals surface area contributed by atoms with Crippen LogP contribution in [-0.2, 0) is 4.74 Å². The molecule has 6 heteroatoms. The molecule has 0 bridgehead atoms. The predicted molar refractivity (Wildman–Crippen MR) is 81.4 cm³/mol. The SMILES string of the molecule is COC[C@@H]1CN(C)CC12CCN(c1nnc(C)s1)CC2. The molecule has 0 aliphatic carbocycles. The molecule has 1 atom stereocenters. The van der Waals surface area contributed by atoms with Crippen molar-refractivity contribution >= 4 is 16.5 Å². The molecule has 2 fully saturated rings. The molecule has 0 saturated carbocycles. The minimum absolute atomic E-state index is 0.445. The molecule has 2 saturated heterocycles. The molecule has 3 heterocycles. The fourth-order valence-corrected chi connectivity index (χ4v) is 4.59. The largest absolute Gasteiger partial charge is 0.384 e.